The molecule has 3 nitrogen and oxygen atoms in total. The molecular formula is C16H16F2N2O. The zero-order valence-electron chi connectivity index (χ0n) is 11.9. The van der Waals surface area contributed by atoms with Crippen molar-refractivity contribution in [3.05, 3.63) is 41.6 Å². The maximum atomic E-state index is 14.0. The molecule has 0 radical (unpaired) electrons. The molecule has 0 N–H and O–H groups in total. The third-order valence-electron chi connectivity index (χ3n) is 3.84. The largest absolute Gasteiger partial charge is 0.301 e. The van der Waals surface area contributed by atoms with E-state index in [2.05, 4.69) is 5.10 Å². The van der Waals surface area contributed by atoms with Crippen molar-refractivity contribution in [1.29, 1.82) is 0 Å². The van der Waals surface area contributed by atoms with Crippen LogP contribution < -0.4 is 0 Å². The maximum absolute atomic E-state index is 14.0. The van der Waals surface area contributed by atoms with E-state index in [4.69, 9.17) is 0 Å². The molecule has 0 bridgehead atoms. The molecule has 21 heavy (non-hydrogen) atoms. The standard InChI is InChI=1S/C16H16F2N2O/c1-16(2,9-21)20-8-11(10-6-7-10)15(19-20)14-12(17)4-3-5-13(14)18/h3-5,8-10H,6-7H2,1-2H3. The smallest absolute Gasteiger partial charge is 0.147 e. The first kappa shape index (κ1) is 13.9. The Balaban J connectivity index is 2.20. The molecule has 1 aliphatic rings. The molecular weight excluding hydrogens is 274 g/mol. The normalized spacial score (nSPS) is 15.2. The van der Waals surface area contributed by atoms with Crippen molar-refractivity contribution < 1.29 is 13.6 Å². The number of nitrogens with zero attached hydrogens (tertiary/aromatic N) is 2. The fourth-order valence-electron chi connectivity index (χ4n) is 2.35. The fourth-order valence-corrected chi connectivity index (χ4v) is 2.35. The van der Waals surface area contributed by atoms with Gasteiger partial charge in [0.15, 0.2) is 0 Å². The summed E-state index contributed by atoms with van der Waals surface area (Å²) in [5, 5.41) is 4.31. The summed E-state index contributed by atoms with van der Waals surface area (Å²) < 4.78 is 29.6. The molecule has 1 aromatic heterocycles. The first-order valence-electron chi connectivity index (χ1n) is 6.95. The summed E-state index contributed by atoms with van der Waals surface area (Å²) in [6.45, 7) is 3.43. The zero-order valence-corrected chi connectivity index (χ0v) is 11.9. The highest BCUT2D eigenvalue weighted by Crippen LogP contribution is 2.45. The van der Waals surface area contributed by atoms with Crippen LogP contribution in [0.5, 0.6) is 0 Å². The lowest BCUT2D eigenvalue weighted by Gasteiger charge is -2.17. The number of aldehydes is 1. The van der Waals surface area contributed by atoms with Gasteiger partial charge in [0.2, 0.25) is 0 Å². The Kier molecular flexibility index (Phi) is 3.15. The van der Waals surface area contributed by atoms with Crippen LogP contribution in [0, 0.1) is 11.6 Å². The van der Waals surface area contributed by atoms with E-state index < -0.39 is 17.2 Å². The maximum Gasteiger partial charge on any atom is 0.147 e. The van der Waals surface area contributed by atoms with Crippen LogP contribution >= 0.6 is 0 Å². The van der Waals surface area contributed by atoms with Gasteiger partial charge in [-0.3, -0.25) is 4.68 Å². The van der Waals surface area contributed by atoms with E-state index in [1.807, 2.05) is 0 Å². The number of hydrogen-bond acceptors (Lipinski definition) is 2. The van der Waals surface area contributed by atoms with Crippen LogP contribution in [-0.4, -0.2) is 16.1 Å². The Labute approximate surface area is 121 Å². The number of aromatic nitrogens is 2. The lowest BCUT2D eigenvalue weighted by atomic mass is 10.0. The number of halogens is 2. The minimum atomic E-state index is -0.844. The fraction of sp³-hybridized carbons (Fsp3) is 0.375. The van der Waals surface area contributed by atoms with Gasteiger partial charge in [0.25, 0.3) is 0 Å². The SMILES string of the molecule is CC(C)(C=O)n1cc(C2CC2)c(-c2c(F)cccc2F)n1. The third kappa shape index (κ3) is 2.37. The lowest BCUT2D eigenvalue weighted by molar-refractivity contribution is -0.114. The first-order valence-corrected chi connectivity index (χ1v) is 6.95. The van der Waals surface area contributed by atoms with Gasteiger partial charge in [-0.25, -0.2) is 8.78 Å². The van der Waals surface area contributed by atoms with Crippen molar-refractivity contribution >= 4 is 6.29 Å². The summed E-state index contributed by atoms with van der Waals surface area (Å²) in [6, 6.07) is 3.77. The van der Waals surface area contributed by atoms with Gasteiger partial charge in [-0.15, -0.1) is 0 Å². The Morgan fingerprint density at radius 3 is 2.43 bits per heavy atom. The van der Waals surface area contributed by atoms with Crippen LogP contribution in [0.1, 0.15) is 38.2 Å². The lowest BCUT2D eigenvalue weighted by Crippen LogP contribution is -2.28. The Morgan fingerprint density at radius 1 is 1.29 bits per heavy atom. The number of hydrogen-bond donors (Lipinski definition) is 0. The third-order valence-corrected chi connectivity index (χ3v) is 3.84. The molecule has 5 heteroatoms. The second-order valence-electron chi connectivity index (χ2n) is 6.02. The zero-order chi connectivity index (χ0) is 15.2. The van der Waals surface area contributed by atoms with E-state index >= 15 is 0 Å². The average molecular weight is 290 g/mol. The van der Waals surface area contributed by atoms with E-state index in [9.17, 15) is 13.6 Å². The van der Waals surface area contributed by atoms with Gasteiger partial charge in [0.05, 0.1) is 5.56 Å². The van der Waals surface area contributed by atoms with Crippen LogP contribution in [0.4, 0.5) is 8.78 Å². The van der Waals surface area contributed by atoms with Crippen molar-refractivity contribution in [1.82, 2.24) is 9.78 Å². The molecule has 1 aliphatic carbocycles. The number of carbonyl (C=O) groups is 1. The van der Waals surface area contributed by atoms with Crippen LogP contribution in [0.15, 0.2) is 24.4 Å². The highest BCUT2D eigenvalue weighted by molar-refractivity contribution is 5.67. The van der Waals surface area contributed by atoms with E-state index in [-0.39, 0.29) is 11.5 Å². The van der Waals surface area contributed by atoms with Crippen molar-refractivity contribution in [2.24, 2.45) is 0 Å². The molecule has 3 rings (SSSR count). The van der Waals surface area contributed by atoms with Gasteiger partial charge in [-0.1, -0.05) is 6.07 Å². The molecule has 1 heterocycles. The summed E-state index contributed by atoms with van der Waals surface area (Å²) in [7, 11) is 0. The highest BCUT2D eigenvalue weighted by Gasteiger charge is 2.33. The van der Waals surface area contributed by atoms with Crippen molar-refractivity contribution in [2.75, 3.05) is 0 Å². The van der Waals surface area contributed by atoms with Crippen molar-refractivity contribution in [3.63, 3.8) is 0 Å². The van der Waals surface area contributed by atoms with Crippen molar-refractivity contribution in [2.45, 2.75) is 38.1 Å². The van der Waals surface area contributed by atoms with E-state index in [1.54, 1.807) is 20.0 Å². The summed E-state index contributed by atoms with van der Waals surface area (Å²) in [5.74, 6) is -0.993. The average Bonchev–Trinajstić information content (AvgIpc) is 3.19. The summed E-state index contributed by atoms with van der Waals surface area (Å²) >= 11 is 0. The monoisotopic (exact) mass is 290 g/mol. The molecule has 1 aromatic carbocycles. The summed E-state index contributed by atoms with van der Waals surface area (Å²) in [4.78, 5) is 11.2. The van der Waals surface area contributed by atoms with Crippen LogP contribution in [-0.2, 0) is 10.3 Å². The highest BCUT2D eigenvalue weighted by atomic mass is 19.1. The van der Waals surface area contributed by atoms with Crippen molar-refractivity contribution in [3.8, 4) is 11.3 Å². The second-order valence-corrected chi connectivity index (χ2v) is 6.02. The van der Waals surface area contributed by atoms with E-state index in [0.717, 1.165) is 24.7 Å². The number of benzene rings is 1. The molecule has 2 aromatic rings. The van der Waals surface area contributed by atoms with E-state index in [0.29, 0.717) is 5.69 Å². The molecule has 0 saturated heterocycles. The molecule has 110 valence electrons. The quantitative estimate of drug-likeness (QED) is 0.806. The summed E-state index contributed by atoms with van der Waals surface area (Å²) in [6.07, 6.45) is 4.48. The Bertz CT molecular complexity index is 682. The molecule has 0 aliphatic heterocycles. The first-order chi connectivity index (χ1) is 9.94. The molecule has 1 fully saturated rings. The summed E-state index contributed by atoms with van der Waals surface area (Å²) in [5.41, 5.74) is 0.167. The van der Waals surface area contributed by atoms with Gasteiger partial charge in [-0.05, 0) is 44.7 Å². The van der Waals surface area contributed by atoms with Crippen LogP contribution in [0.25, 0.3) is 11.3 Å². The van der Waals surface area contributed by atoms with Gasteiger partial charge in [0, 0.05) is 11.8 Å². The van der Waals surface area contributed by atoms with Crippen LogP contribution in [0.2, 0.25) is 0 Å². The topological polar surface area (TPSA) is 34.9 Å². The van der Waals surface area contributed by atoms with Crippen LogP contribution in [0.3, 0.4) is 0 Å². The van der Waals surface area contributed by atoms with Gasteiger partial charge in [-0.2, -0.15) is 5.10 Å². The molecule has 0 amide bonds. The van der Waals surface area contributed by atoms with Gasteiger partial charge >= 0.3 is 0 Å². The van der Waals surface area contributed by atoms with E-state index in [1.165, 1.54) is 22.9 Å². The van der Waals surface area contributed by atoms with Gasteiger partial charge < -0.3 is 4.79 Å². The predicted octanol–water partition coefficient (Wildman–Crippen LogP) is 3.64. The Morgan fingerprint density at radius 2 is 1.90 bits per heavy atom. The van der Waals surface area contributed by atoms with Gasteiger partial charge in [0.1, 0.15) is 29.2 Å². The predicted molar refractivity (Wildman–Crippen MR) is 74.9 cm³/mol. The minimum absolute atomic E-state index is 0.111. The Hall–Kier alpha value is -2.04. The molecule has 0 atom stereocenters. The molecule has 0 unspecified atom stereocenters. The molecule has 0 spiro atoms. The molecule has 1 saturated carbocycles. The minimum Gasteiger partial charge on any atom is -0.301 e. The number of carbonyl (C=O) groups excluding carboxylic acids is 1. The number of rotatable bonds is 4. The second kappa shape index (κ2) is 4.76.